The average molecular weight is 247 g/mol. The molecule has 94 valence electrons. The smallest absolute Gasteiger partial charge is 0.226 e. The van der Waals surface area contributed by atoms with Crippen molar-refractivity contribution in [3.8, 4) is 0 Å². The highest BCUT2D eigenvalue weighted by Gasteiger charge is 2.28. The molecule has 1 aliphatic rings. The number of alkyl halides is 1. The number of halogens is 1. The summed E-state index contributed by atoms with van der Waals surface area (Å²) in [5, 5.41) is 3.01. The molecule has 0 bridgehead atoms. The second kappa shape index (κ2) is 5.87. The van der Waals surface area contributed by atoms with E-state index in [1.54, 1.807) is 0 Å². The SMILES string of the molecule is CCN1CCC(CNC(=O)C(C)(C)CCl)C1. The van der Waals surface area contributed by atoms with Gasteiger partial charge in [0, 0.05) is 19.0 Å². The van der Waals surface area contributed by atoms with Crippen molar-refractivity contribution in [3.63, 3.8) is 0 Å². The zero-order valence-electron chi connectivity index (χ0n) is 10.6. The van der Waals surface area contributed by atoms with E-state index in [-0.39, 0.29) is 5.91 Å². The van der Waals surface area contributed by atoms with Crippen LogP contribution in [0.15, 0.2) is 0 Å². The molecule has 16 heavy (non-hydrogen) atoms. The Labute approximate surface area is 104 Å². The van der Waals surface area contributed by atoms with Crippen LogP contribution in [-0.4, -0.2) is 42.9 Å². The van der Waals surface area contributed by atoms with E-state index in [0.29, 0.717) is 11.8 Å². The summed E-state index contributed by atoms with van der Waals surface area (Å²) < 4.78 is 0. The number of nitrogens with zero attached hydrogens (tertiary/aromatic N) is 1. The summed E-state index contributed by atoms with van der Waals surface area (Å²) in [5.74, 6) is 1.04. The molecule has 0 saturated carbocycles. The largest absolute Gasteiger partial charge is 0.355 e. The zero-order chi connectivity index (χ0) is 12.2. The number of nitrogens with one attached hydrogen (secondary N) is 1. The van der Waals surface area contributed by atoms with Crippen molar-refractivity contribution in [2.75, 3.05) is 32.1 Å². The van der Waals surface area contributed by atoms with Crippen LogP contribution in [0.25, 0.3) is 0 Å². The van der Waals surface area contributed by atoms with Gasteiger partial charge in [0.1, 0.15) is 0 Å². The standard InChI is InChI=1S/C12H23ClN2O/c1-4-15-6-5-10(8-15)7-14-11(16)12(2,3)9-13/h10H,4-9H2,1-3H3,(H,14,16). The number of amides is 1. The first kappa shape index (κ1) is 13.8. The van der Waals surface area contributed by atoms with E-state index in [0.717, 1.165) is 26.2 Å². The molecular weight excluding hydrogens is 224 g/mol. The van der Waals surface area contributed by atoms with Gasteiger partial charge in [-0.25, -0.2) is 0 Å². The minimum atomic E-state index is -0.454. The van der Waals surface area contributed by atoms with Crippen LogP contribution in [0.1, 0.15) is 27.2 Å². The van der Waals surface area contributed by atoms with Crippen LogP contribution in [0.2, 0.25) is 0 Å². The minimum absolute atomic E-state index is 0.0671. The Morgan fingerprint density at radius 2 is 2.25 bits per heavy atom. The normalized spacial score (nSPS) is 22.4. The molecule has 0 aromatic heterocycles. The first-order chi connectivity index (χ1) is 7.49. The lowest BCUT2D eigenvalue weighted by Gasteiger charge is -2.22. The number of hydrogen-bond acceptors (Lipinski definition) is 2. The average Bonchev–Trinajstić information content (AvgIpc) is 2.73. The molecule has 0 aromatic carbocycles. The van der Waals surface area contributed by atoms with Gasteiger partial charge in [-0.2, -0.15) is 0 Å². The second-order valence-electron chi connectivity index (χ2n) is 5.28. The van der Waals surface area contributed by atoms with Gasteiger partial charge in [-0.15, -0.1) is 11.6 Å². The summed E-state index contributed by atoms with van der Waals surface area (Å²) in [6.07, 6.45) is 1.19. The predicted octanol–water partition coefficient (Wildman–Crippen LogP) is 1.71. The van der Waals surface area contributed by atoms with Gasteiger partial charge in [-0.1, -0.05) is 6.92 Å². The Morgan fingerprint density at radius 1 is 1.56 bits per heavy atom. The van der Waals surface area contributed by atoms with Gasteiger partial charge < -0.3 is 10.2 Å². The van der Waals surface area contributed by atoms with Crippen molar-refractivity contribution < 1.29 is 4.79 Å². The molecule has 1 N–H and O–H groups in total. The molecule has 1 heterocycles. The molecule has 1 fully saturated rings. The molecule has 1 rings (SSSR count). The van der Waals surface area contributed by atoms with Crippen LogP contribution < -0.4 is 5.32 Å². The van der Waals surface area contributed by atoms with E-state index in [9.17, 15) is 4.79 Å². The van der Waals surface area contributed by atoms with Gasteiger partial charge in [0.05, 0.1) is 5.41 Å². The van der Waals surface area contributed by atoms with E-state index in [4.69, 9.17) is 11.6 Å². The number of hydrogen-bond donors (Lipinski definition) is 1. The number of rotatable bonds is 5. The number of carbonyl (C=O) groups is 1. The molecule has 1 atom stereocenters. The first-order valence-electron chi connectivity index (χ1n) is 6.06. The van der Waals surface area contributed by atoms with Gasteiger partial charge in [-0.3, -0.25) is 4.79 Å². The summed E-state index contributed by atoms with van der Waals surface area (Å²) in [6, 6.07) is 0. The van der Waals surface area contributed by atoms with Crippen LogP contribution >= 0.6 is 11.6 Å². The van der Waals surface area contributed by atoms with E-state index in [1.165, 1.54) is 6.42 Å². The Morgan fingerprint density at radius 3 is 2.75 bits per heavy atom. The maximum atomic E-state index is 11.8. The number of carbonyl (C=O) groups excluding carboxylic acids is 1. The first-order valence-corrected chi connectivity index (χ1v) is 6.59. The fourth-order valence-electron chi connectivity index (χ4n) is 1.90. The molecule has 4 heteroatoms. The Bertz CT molecular complexity index is 243. The molecule has 0 aliphatic carbocycles. The van der Waals surface area contributed by atoms with Crippen molar-refractivity contribution in [2.24, 2.45) is 11.3 Å². The maximum absolute atomic E-state index is 11.8. The molecule has 1 unspecified atom stereocenters. The summed E-state index contributed by atoms with van der Waals surface area (Å²) in [5.41, 5.74) is -0.454. The van der Waals surface area contributed by atoms with Crippen LogP contribution in [0.4, 0.5) is 0 Å². The van der Waals surface area contributed by atoms with Crippen LogP contribution in [-0.2, 0) is 4.79 Å². The third kappa shape index (κ3) is 3.63. The van der Waals surface area contributed by atoms with Crippen LogP contribution in [0, 0.1) is 11.3 Å². The van der Waals surface area contributed by atoms with Gasteiger partial charge >= 0.3 is 0 Å². The summed E-state index contributed by atoms with van der Waals surface area (Å²) in [6.45, 7) is 10.1. The van der Waals surface area contributed by atoms with Crippen LogP contribution in [0.5, 0.6) is 0 Å². The highest BCUT2D eigenvalue weighted by atomic mass is 35.5. The molecule has 1 saturated heterocycles. The second-order valence-corrected chi connectivity index (χ2v) is 5.54. The summed E-state index contributed by atoms with van der Waals surface area (Å²) >= 11 is 5.76. The fraction of sp³-hybridized carbons (Fsp3) is 0.917. The van der Waals surface area contributed by atoms with Crippen molar-refractivity contribution in [1.29, 1.82) is 0 Å². The van der Waals surface area contributed by atoms with Gasteiger partial charge in [-0.05, 0) is 39.3 Å². The van der Waals surface area contributed by atoms with Gasteiger partial charge in [0.25, 0.3) is 0 Å². The molecule has 0 radical (unpaired) electrons. The highest BCUT2D eigenvalue weighted by Crippen LogP contribution is 2.18. The summed E-state index contributed by atoms with van der Waals surface area (Å²) in [7, 11) is 0. The van der Waals surface area contributed by atoms with E-state index < -0.39 is 5.41 Å². The lowest BCUT2D eigenvalue weighted by molar-refractivity contribution is -0.128. The van der Waals surface area contributed by atoms with E-state index >= 15 is 0 Å². The van der Waals surface area contributed by atoms with Crippen molar-refractivity contribution in [3.05, 3.63) is 0 Å². The molecule has 3 nitrogen and oxygen atoms in total. The third-order valence-electron chi connectivity index (χ3n) is 3.32. The van der Waals surface area contributed by atoms with E-state index in [2.05, 4.69) is 17.1 Å². The highest BCUT2D eigenvalue weighted by molar-refractivity contribution is 6.19. The predicted molar refractivity (Wildman–Crippen MR) is 67.7 cm³/mol. The third-order valence-corrected chi connectivity index (χ3v) is 3.99. The fourth-order valence-corrected chi connectivity index (χ4v) is 2.03. The molecule has 0 spiro atoms. The zero-order valence-corrected chi connectivity index (χ0v) is 11.3. The minimum Gasteiger partial charge on any atom is -0.355 e. The van der Waals surface area contributed by atoms with Crippen molar-refractivity contribution in [2.45, 2.75) is 27.2 Å². The van der Waals surface area contributed by atoms with Gasteiger partial charge in [0.15, 0.2) is 0 Å². The molecule has 1 amide bonds. The lowest BCUT2D eigenvalue weighted by Crippen LogP contribution is -2.40. The molecular formula is C12H23ClN2O. The Hall–Kier alpha value is -0.280. The van der Waals surface area contributed by atoms with Crippen LogP contribution in [0.3, 0.4) is 0 Å². The lowest BCUT2D eigenvalue weighted by atomic mass is 9.95. The quantitative estimate of drug-likeness (QED) is 0.749. The van der Waals surface area contributed by atoms with Crippen molar-refractivity contribution in [1.82, 2.24) is 10.2 Å². The topological polar surface area (TPSA) is 32.3 Å². The maximum Gasteiger partial charge on any atom is 0.226 e. The van der Waals surface area contributed by atoms with Crippen molar-refractivity contribution >= 4 is 17.5 Å². The molecule has 0 aromatic rings. The molecule has 1 aliphatic heterocycles. The Kier molecular flexibility index (Phi) is 5.06. The monoisotopic (exact) mass is 246 g/mol. The Balaban J connectivity index is 2.28. The van der Waals surface area contributed by atoms with E-state index in [1.807, 2.05) is 13.8 Å². The number of likely N-dealkylation sites (tertiary alicyclic amines) is 1. The van der Waals surface area contributed by atoms with Gasteiger partial charge in [0.2, 0.25) is 5.91 Å². The summed E-state index contributed by atoms with van der Waals surface area (Å²) in [4.78, 5) is 14.2.